The lowest BCUT2D eigenvalue weighted by Gasteiger charge is -2.25. The van der Waals surface area contributed by atoms with Gasteiger partial charge in [-0.25, -0.2) is 4.79 Å². The summed E-state index contributed by atoms with van der Waals surface area (Å²) in [5.74, 6) is 0.444. The first-order chi connectivity index (χ1) is 13.6. The fraction of sp³-hybridized carbons (Fsp3) is 0.455. The maximum Gasteiger partial charge on any atom is 0.325 e. The van der Waals surface area contributed by atoms with Crippen LogP contribution in [0.3, 0.4) is 0 Å². The number of hydrogen-bond donors (Lipinski definition) is 2. The first-order valence-corrected chi connectivity index (χ1v) is 10.0. The van der Waals surface area contributed by atoms with Gasteiger partial charge in [-0.1, -0.05) is 56.0 Å². The van der Waals surface area contributed by atoms with Gasteiger partial charge in [-0.3, -0.25) is 9.69 Å². The predicted octanol–water partition coefficient (Wildman–Crippen LogP) is 3.22. The van der Waals surface area contributed by atoms with Crippen molar-refractivity contribution in [2.45, 2.75) is 50.2 Å². The maximum atomic E-state index is 12.9. The highest BCUT2D eigenvalue weighted by atomic mass is 16.5. The molecule has 0 radical (unpaired) electrons. The fourth-order valence-electron chi connectivity index (χ4n) is 4.23. The van der Waals surface area contributed by atoms with Gasteiger partial charge in [0.2, 0.25) is 0 Å². The van der Waals surface area contributed by atoms with Crippen LogP contribution in [0.2, 0.25) is 0 Å². The number of carbonyl (C=O) groups is 2. The second-order valence-corrected chi connectivity index (χ2v) is 7.82. The molecule has 2 N–H and O–H groups in total. The molecular formula is C22H26N2O4. The number of fused-ring (bicyclic) bond motifs is 1. The number of rotatable bonds is 5. The molecule has 3 amide bonds. The van der Waals surface area contributed by atoms with Crippen molar-refractivity contribution in [1.29, 1.82) is 0 Å². The molecule has 1 spiro atoms. The molecule has 1 saturated carbocycles. The second kappa shape index (κ2) is 7.80. The second-order valence-electron chi connectivity index (χ2n) is 7.82. The number of carbonyl (C=O) groups excluding carboxylic acids is 2. The Morgan fingerprint density at radius 1 is 1.04 bits per heavy atom. The van der Waals surface area contributed by atoms with Crippen LogP contribution in [0, 0.1) is 0 Å². The van der Waals surface area contributed by atoms with Gasteiger partial charge in [-0.2, -0.15) is 0 Å². The Balaban J connectivity index is 1.37. The lowest BCUT2D eigenvalue weighted by Crippen LogP contribution is -2.47. The van der Waals surface area contributed by atoms with Crippen molar-refractivity contribution in [3.05, 3.63) is 42.5 Å². The van der Waals surface area contributed by atoms with Gasteiger partial charge in [0.25, 0.3) is 5.91 Å². The van der Waals surface area contributed by atoms with Crippen LogP contribution in [0.5, 0.6) is 5.75 Å². The van der Waals surface area contributed by atoms with Gasteiger partial charge < -0.3 is 15.2 Å². The number of amides is 3. The number of aliphatic hydroxyl groups excluding tert-OH is 1. The van der Waals surface area contributed by atoms with Crippen molar-refractivity contribution in [1.82, 2.24) is 10.2 Å². The summed E-state index contributed by atoms with van der Waals surface area (Å²) in [5.41, 5.74) is -0.771. The van der Waals surface area contributed by atoms with Crippen LogP contribution in [0.15, 0.2) is 42.5 Å². The Bertz CT molecular complexity index is 874. The van der Waals surface area contributed by atoms with Crippen LogP contribution >= 0.6 is 0 Å². The highest BCUT2D eigenvalue weighted by Crippen LogP contribution is 2.32. The van der Waals surface area contributed by atoms with E-state index in [4.69, 9.17) is 4.74 Å². The molecule has 6 heteroatoms. The van der Waals surface area contributed by atoms with Crippen molar-refractivity contribution >= 4 is 22.7 Å². The van der Waals surface area contributed by atoms with E-state index >= 15 is 0 Å². The van der Waals surface area contributed by atoms with Crippen molar-refractivity contribution in [2.24, 2.45) is 0 Å². The van der Waals surface area contributed by atoms with Gasteiger partial charge in [0, 0.05) is 0 Å². The molecule has 1 aliphatic carbocycles. The molecule has 1 aliphatic heterocycles. The van der Waals surface area contributed by atoms with E-state index in [0.717, 1.165) is 41.4 Å². The van der Waals surface area contributed by atoms with Gasteiger partial charge in [-0.05, 0) is 35.7 Å². The van der Waals surface area contributed by atoms with E-state index in [9.17, 15) is 14.7 Å². The number of ether oxygens (including phenoxy) is 1. The van der Waals surface area contributed by atoms with E-state index in [0.29, 0.717) is 18.6 Å². The highest BCUT2D eigenvalue weighted by molar-refractivity contribution is 6.07. The van der Waals surface area contributed by atoms with E-state index < -0.39 is 17.7 Å². The molecular weight excluding hydrogens is 356 g/mol. The van der Waals surface area contributed by atoms with E-state index in [1.165, 1.54) is 0 Å². The third-order valence-electron chi connectivity index (χ3n) is 5.76. The van der Waals surface area contributed by atoms with Crippen molar-refractivity contribution in [2.75, 3.05) is 13.2 Å². The maximum absolute atomic E-state index is 12.9. The van der Waals surface area contributed by atoms with E-state index in [-0.39, 0.29) is 19.1 Å². The van der Waals surface area contributed by atoms with E-state index in [1.54, 1.807) is 0 Å². The van der Waals surface area contributed by atoms with Crippen LogP contribution in [0.4, 0.5) is 4.79 Å². The Kier molecular flexibility index (Phi) is 5.22. The molecule has 4 rings (SSSR count). The number of benzene rings is 2. The standard InChI is InChI=1S/C22H26N2O4/c25-18(15-28-19-10-9-16-7-3-4-8-17(16)13-19)14-24-20(26)22(23-21(24)27)11-5-1-2-6-12-22/h3-4,7-10,13,18,25H,1-2,5-6,11-12,14-15H2,(H,23,27). The third-order valence-corrected chi connectivity index (χ3v) is 5.76. The Morgan fingerprint density at radius 2 is 1.75 bits per heavy atom. The average Bonchev–Trinajstić information content (AvgIpc) is 2.86. The topological polar surface area (TPSA) is 78.9 Å². The smallest absolute Gasteiger partial charge is 0.325 e. The number of imide groups is 1. The van der Waals surface area contributed by atoms with Crippen LogP contribution in [0.25, 0.3) is 10.8 Å². The SMILES string of the molecule is O=C1NC2(CCCCCC2)C(=O)N1CC(O)COc1ccc2ccccc2c1. The summed E-state index contributed by atoms with van der Waals surface area (Å²) in [7, 11) is 0. The highest BCUT2D eigenvalue weighted by Gasteiger charge is 2.50. The summed E-state index contributed by atoms with van der Waals surface area (Å²) < 4.78 is 5.69. The lowest BCUT2D eigenvalue weighted by atomic mass is 9.90. The Hall–Kier alpha value is -2.60. The molecule has 0 aromatic heterocycles. The van der Waals surface area contributed by atoms with Crippen molar-refractivity contribution < 1.29 is 19.4 Å². The molecule has 1 unspecified atom stereocenters. The third kappa shape index (κ3) is 3.69. The first kappa shape index (κ1) is 18.7. The van der Waals surface area contributed by atoms with Gasteiger partial charge in [0.1, 0.15) is 24.0 Å². The Morgan fingerprint density at radius 3 is 2.50 bits per heavy atom. The quantitative estimate of drug-likeness (QED) is 0.779. The molecule has 1 heterocycles. The molecule has 148 valence electrons. The molecule has 0 bridgehead atoms. The number of nitrogens with zero attached hydrogens (tertiary/aromatic N) is 1. The molecule has 6 nitrogen and oxygen atoms in total. The van der Waals surface area contributed by atoms with Crippen molar-refractivity contribution in [3.63, 3.8) is 0 Å². The van der Waals surface area contributed by atoms with E-state index in [2.05, 4.69) is 5.32 Å². The number of aliphatic hydroxyl groups is 1. The number of hydrogen-bond acceptors (Lipinski definition) is 4. The normalized spacial score (nSPS) is 20.2. The van der Waals surface area contributed by atoms with Gasteiger partial charge >= 0.3 is 6.03 Å². The number of nitrogens with one attached hydrogen (secondary N) is 1. The summed E-state index contributed by atoms with van der Waals surface area (Å²) in [4.78, 5) is 26.4. The van der Waals surface area contributed by atoms with Crippen LogP contribution in [-0.2, 0) is 4.79 Å². The average molecular weight is 382 g/mol. The van der Waals surface area contributed by atoms with Crippen LogP contribution in [0.1, 0.15) is 38.5 Å². The predicted molar refractivity (Wildman–Crippen MR) is 106 cm³/mol. The van der Waals surface area contributed by atoms with E-state index in [1.807, 2.05) is 42.5 Å². The summed E-state index contributed by atoms with van der Waals surface area (Å²) in [6.07, 6.45) is 4.47. The minimum Gasteiger partial charge on any atom is -0.491 e. The monoisotopic (exact) mass is 382 g/mol. The lowest BCUT2D eigenvalue weighted by molar-refractivity contribution is -0.132. The molecule has 2 aromatic carbocycles. The zero-order valence-corrected chi connectivity index (χ0v) is 15.9. The summed E-state index contributed by atoms with van der Waals surface area (Å²) in [6, 6.07) is 13.3. The molecule has 1 saturated heterocycles. The molecule has 28 heavy (non-hydrogen) atoms. The van der Waals surface area contributed by atoms with Crippen molar-refractivity contribution in [3.8, 4) is 5.75 Å². The van der Waals surface area contributed by atoms with Gasteiger partial charge in [0.15, 0.2) is 0 Å². The minimum atomic E-state index is -0.943. The zero-order chi connectivity index (χ0) is 19.6. The minimum absolute atomic E-state index is 0.0163. The molecule has 2 aromatic rings. The summed E-state index contributed by atoms with van der Waals surface area (Å²) in [5, 5.41) is 15.4. The molecule has 2 fully saturated rings. The number of β-amino-alcohol motifs (C(OH)–C–C–N with tert-alkyl or cyclic N) is 1. The number of urea groups is 1. The molecule has 1 atom stereocenters. The van der Waals surface area contributed by atoms with Crippen LogP contribution < -0.4 is 10.1 Å². The summed E-state index contributed by atoms with van der Waals surface area (Å²) >= 11 is 0. The van der Waals surface area contributed by atoms with Gasteiger partial charge in [0.05, 0.1) is 6.54 Å². The zero-order valence-electron chi connectivity index (χ0n) is 15.9. The largest absolute Gasteiger partial charge is 0.491 e. The fourth-order valence-corrected chi connectivity index (χ4v) is 4.23. The molecule has 2 aliphatic rings. The van der Waals surface area contributed by atoms with Gasteiger partial charge in [-0.15, -0.1) is 0 Å². The Labute approximate surface area is 164 Å². The van der Waals surface area contributed by atoms with Crippen LogP contribution in [-0.4, -0.2) is 46.7 Å². The first-order valence-electron chi connectivity index (χ1n) is 10.0. The summed E-state index contributed by atoms with van der Waals surface area (Å²) in [6.45, 7) is -0.0393.